The van der Waals surface area contributed by atoms with Gasteiger partial charge in [0, 0.05) is 57.1 Å². The fourth-order valence-electron chi connectivity index (χ4n) is 4.46. The molecule has 1 fully saturated rings. The quantitative estimate of drug-likeness (QED) is 0.350. The molecule has 0 bridgehead atoms. The van der Waals surface area contributed by atoms with Crippen LogP contribution in [0.2, 0.25) is 0 Å². The fraction of sp³-hybridized carbons (Fsp3) is 0.407. The Morgan fingerprint density at radius 1 is 1.03 bits per heavy atom. The Kier molecular flexibility index (Phi) is 7.91. The van der Waals surface area contributed by atoms with Crippen molar-refractivity contribution >= 4 is 21.6 Å². The van der Waals surface area contributed by atoms with Crippen LogP contribution >= 0.6 is 11.3 Å². The smallest absolute Gasteiger partial charge is 0.123 e. The Morgan fingerprint density at radius 3 is 2.58 bits per heavy atom. The molecule has 0 unspecified atom stereocenters. The van der Waals surface area contributed by atoms with Gasteiger partial charge in [-0.25, -0.2) is 9.37 Å². The number of β-amino-alcohol motifs (C(OH)–C–C–N with tert-alkyl or cyclic N) is 1. The minimum absolute atomic E-state index is 0.232. The van der Waals surface area contributed by atoms with Crippen LogP contribution in [-0.2, 0) is 13.0 Å². The van der Waals surface area contributed by atoms with Crippen molar-refractivity contribution in [1.29, 1.82) is 0 Å². The molecule has 4 aromatic rings. The number of benzene rings is 2. The van der Waals surface area contributed by atoms with Gasteiger partial charge in [-0.15, -0.1) is 11.3 Å². The van der Waals surface area contributed by atoms with Crippen molar-refractivity contribution < 1.29 is 14.2 Å². The van der Waals surface area contributed by atoms with E-state index in [1.807, 2.05) is 35.3 Å². The lowest BCUT2D eigenvalue weighted by atomic mass is 10.1. The predicted octanol–water partition coefficient (Wildman–Crippen LogP) is 3.92. The number of hydrogen-bond donors (Lipinski definition) is 1. The number of piperazine rings is 1. The number of rotatable bonds is 10. The first-order valence-electron chi connectivity index (χ1n) is 12.5. The molecule has 1 aliphatic rings. The molecule has 1 N–H and O–H groups in total. The van der Waals surface area contributed by atoms with E-state index in [2.05, 4.69) is 26.8 Å². The lowest BCUT2D eigenvalue weighted by Gasteiger charge is -2.35. The monoisotopic (exact) mass is 509 g/mol. The number of halogens is 1. The van der Waals surface area contributed by atoms with Crippen LogP contribution in [0.3, 0.4) is 0 Å². The van der Waals surface area contributed by atoms with Gasteiger partial charge in [-0.2, -0.15) is 5.10 Å². The number of aromatic nitrogens is 3. The molecule has 1 aliphatic heterocycles. The van der Waals surface area contributed by atoms with E-state index in [-0.39, 0.29) is 12.4 Å². The van der Waals surface area contributed by atoms with Crippen molar-refractivity contribution in [3.63, 3.8) is 0 Å². The minimum Gasteiger partial charge on any atom is -0.491 e. The van der Waals surface area contributed by atoms with Gasteiger partial charge in [-0.3, -0.25) is 14.5 Å². The summed E-state index contributed by atoms with van der Waals surface area (Å²) < 4.78 is 22.1. The molecule has 2 aromatic carbocycles. The second kappa shape index (κ2) is 11.5. The maximum atomic E-state index is 13.1. The molecule has 0 radical (unpaired) electrons. The average molecular weight is 510 g/mol. The molecule has 0 saturated carbocycles. The van der Waals surface area contributed by atoms with Gasteiger partial charge in [0.25, 0.3) is 0 Å². The highest BCUT2D eigenvalue weighted by atomic mass is 32.1. The van der Waals surface area contributed by atoms with Crippen molar-refractivity contribution in [2.24, 2.45) is 0 Å². The van der Waals surface area contributed by atoms with Gasteiger partial charge in [0.15, 0.2) is 0 Å². The number of nitrogens with zero attached hydrogens (tertiary/aromatic N) is 5. The van der Waals surface area contributed by atoms with Crippen molar-refractivity contribution in [3.05, 3.63) is 65.7 Å². The van der Waals surface area contributed by atoms with Crippen LogP contribution in [0.25, 0.3) is 21.3 Å². The number of thiazole rings is 1. The van der Waals surface area contributed by atoms with E-state index in [0.29, 0.717) is 6.54 Å². The van der Waals surface area contributed by atoms with Crippen molar-refractivity contribution in [1.82, 2.24) is 24.6 Å². The van der Waals surface area contributed by atoms with Crippen LogP contribution in [0.4, 0.5) is 4.39 Å². The summed E-state index contributed by atoms with van der Waals surface area (Å²) in [6.07, 6.45) is 4.23. The summed E-state index contributed by atoms with van der Waals surface area (Å²) >= 11 is 1.71. The summed E-state index contributed by atoms with van der Waals surface area (Å²) in [4.78, 5) is 9.33. The molecule has 190 valence electrons. The van der Waals surface area contributed by atoms with Gasteiger partial charge in [-0.1, -0.05) is 19.1 Å². The Hall–Kier alpha value is -2.85. The maximum absolute atomic E-state index is 13.1. The predicted molar refractivity (Wildman–Crippen MR) is 141 cm³/mol. The SMILES string of the molecule is CCc1nc2cc(OC[C@@H](O)CN3CCN(CCn4cc(-c5ccc(F)cc5)cn4)CC3)ccc2s1. The van der Waals surface area contributed by atoms with Crippen LogP contribution in [0.5, 0.6) is 5.75 Å². The van der Waals surface area contributed by atoms with Gasteiger partial charge in [0.2, 0.25) is 0 Å². The van der Waals surface area contributed by atoms with Gasteiger partial charge < -0.3 is 9.84 Å². The second-order valence-electron chi connectivity index (χ2n) is 9.20. The summed E-state index contributed by atoms with van der Waals surface area (Å²) in [6, 6.07) is 12.4. The van der Waals surface area contributed by atoms with E-state index >= 15 is 0 Å². The zero-order valence-corrected chi connectivity index (χ0v) is 21.3. The summed E-state index contributed by atoms with van der Waals surface area (Å²) in [7, 11) is 0. The van der Waals surface area contributed by atoms with Crippen LogP contribution in [-0.4, -0.2) is 81.7 Å². The van der Waals surface area contributed by atoms with E-state index in [1.165, 1.54) is 16.8 Å². The normalized spacial score (nSPS) is 16.0. The van der Waals surface area contributed by atoms with E-state index < -0.39 is 6.10 Å². The Balaban J connectivity index is 1.02. The number of fused-ring (bicyclic) bond motifs is 1. The molecular formula is C27H32FN5O2S. The molecule has 3 heterocycles. The van der Waals surface area contributed by atoms with Gasteiger partial charge in [-0.05, 0) is 36.2 Å². The van der Waals surface area contributed by atoms with Crippen molar-refractivity contribution in [3.8, 4) is 16.9 Å². The van der Waals surface area contributed by atoms with E-state index in [4.69, 9.17) is 4.74 Å². The topological polar surface area (TPSA) is 66.7 Å². The number of ether oxygens (including phenoxy) is 1. The second-order valence-corrected chi connectivity index (χ2v) is 10.3. The number of aliphatic hydroxyl groups excluding tert-OH is 1. The fourth-order valence-corrected chi connectivity index (χ4v) is 5.34. The van der Waals surface area contributed by atoms with E-state index in [0.717, 1.165) is 73.1 Å². The molecule has 1 atom stereocenters. The maximum Gasteiger partial charge on any atom is 0.123 e. The lowest BCUT2D eigenvalue weighted by Crippen LogP contribution is -2.49. The first kappa shape index (κ1) is 24.8. The van der Waals surface area contributed by atoms with Crippen molar-refractivity contribution in [2.45, 2.75) is 26.0 Å². The largest absolute Gasteiger partial charge is 0.491 e. The highest BCUT2D eigenvalue weighted by molar-refractivity contribution is 7.18. The summed E-state index contributed by atoms with van der Waals surface area (Å²) in [5.74, 6) is 0.518. The average Bonchev–Trinajstić information content (AvgIpc) is 3.54. The number of hydrogen-bond acceptors (Lipinski definition) is 7. The Labute approximate surface area is 214 Å². The molecule has 7 nitrogen and oxygen atoms in total. The van der Waals surface area contributed by atoms with E-state index in [1.54, 1.807) is 23.5 Å². The zero-order chi connectivity index (χ0) is 24.9. The Morgan fingerprint density at radius 2 is 1.81 bits per heavy atom. The molecule has 0 amide bonds. The lowest BCUT2D eigenvalue weighted by molar-refractivity contribution is 0.0453. The van der Waals surface area contributed by atoms with Crippen LogP contribution in [0.15, 0.2) is 54.9 Å². The standard InChI is InChI=1S/C27H32FN5O2S/c1-2-27-30-25-15-24(7-8-26(25)36-27)35-19-23(34)18-32-11-9-31(10-12-32)13-14-33-17-21(16-29-33)20-3-5-22(28)6-4-20/h3-8,15-17,23,34H,2,9-14,18-19H2,1H3/t23-/m0/s1. The van der Waals surface area contributed by atoms with Gasteiger partial charge >= 0.3 is 0 Å². The highest BCUT2D eigenvalue weighted by Crippen LogP contribution is 2.26. The third-order valence-corrected chi connectivity index (χ3v) is 7.72. The Bertz CT molecular complexity index is 1270. The van der Waals surface area contributed by atoms with Crippen LogP contribution < -0.4 is 4.74 Å². The first-order chi connectivity index (χ1) is 17.6. The number of aliphatic hydroxyl groups is 1. The molecule has 5 rings (SSSR count). The van der Waals surface area contributed by atoms with Gasteiger partial charge in [0.05, 0.1) is 28.0 Å². The molecule has 9 heteroatoms. The number of aryl methyl sites for hydroxylation is 1. The summed E-state index contributed by atoms with van der Waals surface area (Å²) in [6.45, 7) is 8.46. The van der Waals surface area contributed by atoms with Crippen molar-refractivity contribution in [2.75, 3.05) is 45.9 Å². The molecule has 0 aliphatic carbocycles. The van der Waals surface area contributed by atoms with Gasteiger partial charge in [0.1, 0.15) is 24.3 Å². The first-order valence-corrected chi connectivity index (χ1v) is 13.3. The third kappa shape index (κ3) is 6.28. The molecule has 1 saturated heterocycles. The van der Waals surface area contributed by atoms with E-state index in [9.17, 15) is 9.50 Å². The molecule has 0 spiro atoms. The molecule has 2 aromatic heterocycles. The minimum atomic E-state index is -0.539. The third-order valence-electron chi connectivity index (χ3n) is 6.54. The zero-order valence-electron chi connectivity index (χ0n) is 20.5. The molecule has 36 heavy (non-hydrogen) atoms. The molecular weight excluding hydrogens is 477 g/mol. The summed E-state index contributed by atoms with van der Waals surface area (Å²) in [5.41, 5.74) is 2.92. The van der Waals surface area contributed by atoms with Crippen LogP contribution in [0.1, 0.15) is 11.9 Å². The van der Waals surface area contributed by atoms with Crippen LogP contribution in [0, 0.1) is 5.82 Å². The summed E-state index contributed by atoms with van der Waals surface area (Å²) in [5, 5.41) is 16.1. The highest BCUT2D eigenvalue weighted by Gasteiger charge is 2.19.